The molecule has 0 saturated heterocycles. The van der Waals surface area contributed by atoms with Crippen LogP contribution < -0.4 is 0 Å². The molecule has 0 aromatic heterocycles. The third-order valence-electron chi connectivity index (χ3n) is 6.18. The number of benzene rings is 4. The average molecular weight is 569 g/mol. The minimum atomic E-state index is 1.12. The number of hydrogen-bond donors (Lipinski definition) is 0. The Morgan fingerprint density at radius 1 is 0.429 bits per heavy atom. The first-order chi connectivity index (χ1) is 20.4. The summed E-state index contributed by atoms with van der Waals surface area (Å²) in [6.45, 7) is 28.8. The van der Waals surface area contributed by atoms with Gasteiger partial charge in [0.1, 0.15) is 0 Å². The summed E-state index contributed by atoms with van der Waals surface area (Å²) in [4.78, 5) is 0. The summed E-state index contributed by atoms with van der Waals surface area (Å²) in [5.74, 6) is 0. The molecule has 0 unspecified atom stereocenters. The highest BCUT2D eigenvalue weighted by Gasteiger charge is 2.00. The highest BCUT2D eigenvalue weighted by Crippen LogP contribution is 2.17. The van der Waals surface area contributed by atoms with Gasteiger partial charge in [0, 0.05) is 0 Å². The van der Waals surface area contributed by atoms with Crippen LogP contribution in [0.4, 0.5) is 0 Å². The largest absolute Gasteiger partial charge is 0.0795 e. The fraction of sp³-hybridized carbons (Fsp3) is 0.381. The van der Waals surface area contributed by atoms with E-state index in [1.54, 1.807) is 0 Å². The summed E-state index contributed by atoms with van der Waals surface area (Å²) >= 11 is 0. The Bertz CT molecular complexity index is 1070. The zero-order valence-corrected chi connectivity index (χ0v) is 29.8. The van der Waals surface area contributed by atoms with E-state index in [1.807, 2.05) is 55.4 Å². The molecule has 0 fully saturated rings. The van der Waals surface area contributed by atoms with Gasteiger partial charge in [-0.05, 0) is 92.0 Å². The predicted molar refractivity (Wildman–Crippen MR) is 197 cm³/mol. The smallest absolute Gasteiger partial charge is 0.00882 e. The van der Waals surface area contributed by atoms with E-state index in [4.69, 9.17) is 0 Å². The maximum Gasteiger partial charge on any atom is -0.00882 e. The van der Waals surface area contributed by atoms with Crippen LogP contribution >= 0.6 is 0 Å². The van der Waals surface area contributed by atoms with E-state index >= 15 is 0 Å². The number of hydrogen-bond acceptors (Lipinski definition) is 0. The molecule has 4 aromatic rings. The van der Waals surface area contributed by atoms with E-state index in [0.717, 1.165) is 12.8 Å². The molecule has 0 bridgehead atoms. The third kappa shape index (κ3) is 19.7. The van der Waals surface area contributed by atoms with Crippen molar-refractivity contribution in [2.24, 2.45) is 0 Å². The molecule has 0 N–H and O–H groups in total. The fourth-order valence-corrected chi connectivity index (χ4v) is 3.53. The van der Waals surface area contributed by atoms with Gasteiger partial charge in [0.2, 0.25) is 0 Å². The van der Waals surface area contributed by atoms with Gasteiger partial charge in [-0.1, -0.05) is 172 Å². The summed E-state index contributed by atoms with van der Waals surface area (Å²) in [6.07, 6.45) is 6.64. The molecule has 1 aliphatic carbocycles. The zero-order chi connectivity index (χ0) is 32.8. The van der Waals surface area contributed by atoms with Crippen LogP contribution in [0.15, 0.2) is 103 Å². The SMILES string of the molecule is C1=Cc2ccccc2C1.CC.CC.CC.CC.CCc1ccccc1C.Cc1ccccc1C.Cc1ccccc1C. The van der Waals surface area contributed by atoms with E-state index in [1.165, 1.54) is 44.5 Å². The molecule has 0 spiro atoms. The van der Waals surface area contributed by atoms with Crippen molar-refractivity contribution in [3.05, 3.63) is 148 Å². The minimum Gasteiger partial charge on any atom is -0.0795 e. The molecule has 0 heteroatoms. The van der Waals surface area contributed by atoms with Crippen molar-refractivity contribution in [2.75, 3.05) is 0 Å². The van der Waals surface area contributed by atoms with Crippen LogP contribution in [0.3, 0.4) is 0 Å². The third-order valence-corrected chi connectivity index (χ3v) is 6.18. The molecule has 0 aliphatic heterocycles. The van der Waals surface area contributed by atoms with Gasteiger partial charge in [-0.3, -0.25) is 0 Å². The Morgan fingerprint density at radius 2 is 0.762 bits per heavy atom. The van der Waals surface area contributed by atoms with Crippen LogP contribution in [0.25, 0.3) is 6.08 Å². The molecule has 5 rings (SSSR count). The van der Waals surface area contributed by atoms with Crippen molar-refractivity contribution < 1.29 is 0 Å². The van der Waals surface area contributed by atoms with Crippen molar-refractivity contribution in [1.29, 1.82) is 0 Å². The molecule has 232 valence electrons. The van der Waals surface area contributed by atoms with Gasteiger partial charge in [0.25, 0.3) is 0 Å². The topological polar surface area (TPSA) is 0 Å². The Kier molecular flexibility index (Phi) is 31.4. The summed E-state index contributed by atoms with van der Waals surface area (Å²) in [5, 5.41) is 0. The maximum absolute atomic E-state index is 2.20. The molecular formula is C42H64. The van der Waals surface area contributed by atoms with E-state index in [0.29, 0.717) is 0 Å². The second-order valence-corrected chi connectivity index (χ2v) is 8.75. The number of rotatable bonds is 1. The molecule has 0 radical (unpaired) electrons. The molecule has 0 nitrogen and oxygen atoms in total. The molecule has 4 aromatic carbocycles. The Hall–Kier alpha value is -3.38. The lowest BCUT2D eigenvalue weighted by Crippen LogP contribution is -1.82. The normalized spacial score (nSPS) is 9.10. The predicted octanol–water partition coefficient (Wildman–Crippen LogP) is 13.5. The summed E-state index contributed by atoms with van der Waals surface area (Å²) in [7, 11) is 0. The first kappa shape index (κ1) is 43.1. The molecule has 0 saturated carbocycles. The van der Waals surface area contributed by atoms with Crippen molar-refractivity contribution in [3.63, 3.8) is 0 Å². The van der Waals surface area contributed by atoms with Crippen LogP contribution in [-0.2, 0) is 12.8 Å². The van der Waals surface area contributed by atoms with Crippen LogP contribution in [0, 0.1) is 34.6 Å². The van der Waals surface area contributed by atoms with Gasteiger partial charge in [0.05, 0.1) is 0 Å². The van der Waals surface area contributed by atoms with Gasteiger partial charge < -0.3 is 0 Å². The summed E-state index contributed by atoms with van der Waals surface area (Å²) in [6, 6.07) is 33.7. The minimum absolute atomic E-state index is 1.12. The summed E-state index contributed by atoms with van der Waals surface area (Å²) in [5.41, 5.74) is 11.2. The Morgan fingerprint density at radius 3 is 1.07 bits per heavy atom. The monoisotopic (exact) mass is 569 g/mol. The van der Waals surface area contributed by atoms with Gasteiger partial charge in [-0.25, -0.2) is 0 Å². The lowest BCUT2D eigenvalue weighted by molar-refractivity contribution is 1.11. The fourth-order valence-electron chi connectivity index (χ4n) is 3.53. The molecule has 1 aliphatic rings. The summed E-state index contributed by atoms with van der Waals surface area (Å²) < 4.78 is 0. The van der Waals surface area contributed by atoms with Gasteiger partial charge in [-0.15, -0.1) is 0 Å². The van der Waals surface area contributed by atoms with E-state index in [-0.39, 0.29) is 0 Å². The standard InChI is InChI=1S/C9H8.C9H12.2C8H10.4C2H6/c1-2-5-9-7-3-6-8(9)4-1;1-3-9-7-5-4-6-8(9)2;2*1-7-5-3-4-6-8(7)2;4*1-2/h1-6H,7H2;4-7H,3H2,1-2H3;2*3-6H,1-2H3;4*1-2H3. The van der Waals surface area contributed by atoms with Gasteiger partial charge >= 0.3 is 0 Å². The quantitative estimate of drug-likeness (QED) is 0.214. The van der Waals surface area contributed by atoms with Crippen LogP contribution in [-0.4, -0.2) is 0 Å². The van der Waals surface area contributed by atoms with E-state index in [2.05, 4.69) is 151 Å². The second-order valence-electron chi connectivity index (χ2n) is 8.75. The van der Waals surface area contributed by atoms with Crippen molar-refractivity contribution in [3.8, 4) is 0 Å². The number of aryl methyl sites for hydroxylation is 6. The molecular weight excluding hydrogens is 504 g/mol. The van der Waals surface area contributed by atoms with Crippen LogP contribution in [0.2, 0.25) is 0 Å². The zero-order valence-electron chi connectivity index (χ0n) is 29.8. The van der Waals surface area contributed by atoms with E-state index < -0.39 is 0 Å². The van der Waals surface area contributed by atoms with Gasteiger partial charge in [0.15, 0.2) is 0 Å². The van der Waals surface area contributed by atoms with Crippen molar-refractivity contribution in [1.82, 2.24) is 0 Å². The first-order valence-corrected chi connectivity index (χ1v) is 16.3. The van der Waals surface area contributed by atoms with Crippen molar-refractivity contribution >= 4 is 6.08 Å². The molecule has 0 heterocycles. The number of allylic oxidation sites excluding steroid dienone is 1. The van der Waals surface area contributed by atoms with Crippen LogP contribution in [0.1, 0.15) is 107 Å². The van der Waals surface area contributed by atoms with Gasteiger partial charge in [-0.2, -0.15) is 0 Å². The second kappa shape index (κ2) is 30.6. The first-order valence-electron chi connectivity index (χ1n) is 16.3. The van der Waals surface area contributed by atoms with E-state index in [9.17, 15) is 0 Å². The Balaban J connectivity index is -0.000000447. The van der Waals surface area contributed by atoms with Crippen molar-refractivity contribution in [2.45, 2.75) is 110 Å². The highest BCUT2D eigenvalue weighted by molar-refractivity contribution is 5.59. The lowest BCUT2D eigenvalue weighted by atomic mass is 10.1. The number of fused-ring (bicyclic) bond motifs is 1. The Labute approximate surface area is 263 Å². The average Bonchev–Trinajstić information content (AvgIpc) is 3.54. The highest BCUT2D eigenvalue weighted by atomic mass is 14.0. The molecule has 0 atom stereocenters. The maximum atomic E-state index is 2.20. The molecule has 42 heavy (non-hydrogen) atoms. The molecule has 0 amide bonds. The van der Waals surface area contributed by atoms with Crippen LogP contribution in [0.5, 0.6) is 0 Å². The lowest BCUT2D eigenvalue weighted by Gasteiger charge is -1.98.